The first-order chi connectivity index (χ1) is 8.66. The first-order valence-electron chi connectivity index (χ1n) is 5.65. The van der Waals surface area contributed by atoms with Gasteiger partial charge in [-0.2, -0.15) is 0 Å². The maximum atomic E-state index is 13.9. The summed E-state index contributed by atoms with van der Waals surface area (Å²) in [5, 5.41) is 14.3. The van der Waals surface area contributed by atoms with Crippen molar-refractivity contribution in [1.29, 1.82) is 0 Å². The molecule has 0 aliphatic heterocycles. The lowest BCUT2D eigenvalue weighted by Crippen LogP contribution is -2.05. The summed E-state index contributed by atoms with van der Waals surface area (Å²) in [5.74, 6) is -0.625. The van der Waals surface area contributed by atoms with Gasteiger partial charge in [0.05, 0.1) is 22.1 Å². The molecule has 1 N–H and O–H groups in total. The van der Waals surface area contributed by atoms with Gasteiger partial charge in [0.15, 0.2) is 5.82 Å². The number of rotatable bonds is 3. The van der Waals surface area contributed by atoms with Gasteiger partial charge in [0.25, 0.3) is 5.69 Å². The molecule has 1 fully saturated rings. The summed E-state index contributed by atoms with van der Waals surface area (Å²) in [4.78, 5) is 14.4. The van der Waals surface area contributed by atoms with Crippen LogP contribution < -0.4 is 5.32 Å². The van der Waals surface area contributed by atoms with Crippen molar-refractivity contribution in [3.63, 3.8) is 0 Å². The molecule has 3 rings (SSSR count). The molecule has 1 aromatic heterocycles. The maximum absolute atomic E-state index is 13.9. The third-order valence-corrected chi connectivity index (χ3v) is 2.95. The van der Waals surface area contributed by atoms with Crippen molar-refractivity contribution in [2.45, 2.75) is 18.9 Å². The van der Waals surface area contributed by atoms with Crippen LogP contribution in [0.15, 0.2) is 24.4 Å². The molecular weight excluding hydrogens is 237 g/mol. The maximum Gasteiger partial charge on any atom is 0.281 e. The Balaban J connectivity index is 2.26. The molecule has 18 heavy (non-hydrogen) atoms. The van der Waals surface area contributed by atoms with E-state index in [-0.39, 0.29) is 17.4 Å². The van der Waals surface area contributed by atoms with Crippen LogP contribution in [-0.2, 0) is 0 Å². The number of fused-ring (bicyclic) bond motifs is 1. The van der Waals surface area contributed by atoms with Crippen molar-refractivity contribution >= 4 is 22.3 Å². The van der Waals surface area contributed by atoms with Crippen molar-refractivity contribution in [3.8, 4) is 0 Å². The average Bonchev–Trinajstić information content (AvgIpc) is 3.16. The third kappa shape index (κ3) is 1.75. The molecule has 0 unspecified atom stereocenters. The minimum atomic E-state index is -0.625. The van der Waals surface area contributed by atoms with Crippen molar-refractivity contribution < 1.29 is 9.31 Å². The third-order valence-electron chi connectivity index (χ3n) is 2.95. The van der Waals surface area contributed by atoms with Crippen LogP contribution in [0.5, 0.6) is 0 Å². The SMILES string of the molecule is O=[N+]([O-])c1cc(F)c(NC2CC2)c2ncccc12. The zero-order valence-corrected chi connectivity index (χ0v) is 9.39. The van der Waals surface area contributed by atoms with Gasteiger partial charge in [-0.1, -0.05) is 0 Å². The second-order valence-electron chi connectivity index (χ2n) is 4.33. The Bertz CT molecular complexity index is 641. The first kappa shape index (κ1) is 10.9. The van der Waals surface area contributed by atoms with Crippen LogP contribution in [0.25, 0.3) is 10.9 Å². The number of benzene rings is 1. The summed E-state index contributed by atoms with van der Waals surface area (Å²) in [6, 6.07) is 4.40. The highest BCUT2D eigenvalue weighted by Gasteiger charge is 2.26. The van der Waals surface area contributed by atoms with Gasteiger partial charge in [-0.15, -0.1) is 0 Å². The number of halogens is 1. The Labute approximate surface area is 102 Å². The molecule has 0 radical (unpaired) electrons. The van der Waals surface area contributed by atoms with Gasteiger partial charge >= 0.3 is 0 Å². The number of nitro benzene ring substituents is 1. The number of hydrogen-bond donors (Lipinski definition) is 1. The number of aromatic nitrogens is 1. The molecule has 1 aromatic carbocycles. The van der Waals surface area contributed by atoms with E-state index in [1.165, 1.54) is 6.20 Å². The molecule has 5 nitrogen and oxygen atoms in total. The molecule has 1 saturated carbocycles. The normalized spacial score (nSPS) is 14.7. The lowest BCUT2D eigenvalue weighted by molar-refractivity contribution is -0.383. The molecule has 1 heterocycles. The lowest BCUT2D eigenvalue weighted by atomic mass is 10.1. The van der Waals surface area contributed by atoms with Crippen LogP contribution >= 0.6 is 0 Å². The van der Waals surface area contributed by atoms with Crippen molar-refractivity contribution in [1.82, 2.24) is 4.98 Å². The van der Waals surface area contributed by atoms with E-state index in [1.807, 2.05) is 0 Å². The Morgan fingerprint density at radius 2 is 2.28 bits per heavy atom. The fourth-order valence-corrected chi connectivity index (χ4v) is 1.91. The Morgan fingerprint density at radius 1 is 1.50 bits per heavy atom. The molecule has 0 atom stereocenters. The number of nitrogens with one attached hydrogen (secondary N) is 1. The molecule has 0 bridgehead atoms. The van der Waals surface area contributed by atoms with Crippen molar-refractivity contribution in [2.75, 3.05) is 5.32 Å². The Hall–Kier alpha value is -2.24. The fourth-order valence-electron chi connectivity index (χ4n) is 1.91. The van der Waals surface area contributed by atoms with Gasteiger partial charge in [-0.25, -0.2) is 4.39 Å². The second kappa shape index (κ2) is 3.90. The van der Waals surface area contributed by atoms with Gasteiger partial charge < -0.3 is 5.32 Å². The number of pyridine rings is 1. The molecule has 6 heteroatoms. The van der Waals surface area contributed by atoms with E-state index < -0.39 is 10.7 Å². The van der Waals surface area contributed by atoms with Gasteiger partial charge in [0.2, 0.25) is 0 Å². The standard InChI is InChI=1S/C12H10FN3O2/c13-9-6-10(16(17)18)8-2-1-5-14-11(8)12(9)15-7-3-4-7/h1-2,5-7,15H,3-4H2. The number of nitro groups is 1. The summed E-state index contributed by atoms with van der Waals surface area (Å²) in [7, 11) is 0. The van der Waals surface area contributed by atoms with Crippen LogP contribution in [0, 0.1) is 15.9 Å². The van der Waals surface area contributed by atoms with E-state index in [4.69, 9.17) is 0 Å². The zero-order chi connectivity index (χ0) is 12.7. The highest BCUT2D eigenvalue weighted by Crippen LogP contribution is 2.35. The average molecular weight is 247 g/mol. The summed E-state index contributed by atoms with van der Waals surface area (Å²) in [6.07, 6.45) is 3.49. The van der Waals surface area contributed by atoms with E-state index in [0.29, 0.717) is 10.9 Å². The number of hydrogen-bond acceptors (Lipinski definition) is 4. The quantitative estimate of drug-likeness (QED) is 0.668. The largest absolute Gasteiger partial charge is 0.378 e. The van der Waals surface area contributed by atoms with Gasteiger partial charge in [-0.3, -0.25) is 15.1 Å². The molecular formula is C12H10FN3O2. The molecule has 0 saturated heterocycles. The van der Waals surface area contributed by atoms with E-state index in [1.54, 1.807) is 12.1 Å². The van der Waals surface area contributed by atoms with E-state index in [9.17, 15) is 14.5 Å². The monoisotopic (exact) mass is 247 g/mol. The number of non-ortho nitro benzene ring substituents is 1. The van der Waals surface area contributed by atoms with E-state index in [2.05, 4.69) is 10.3 Å². The number of nitrogens with zero attached hydrogens (tertiary/aromatic N) is 2. The van der Waals surface area contributed by atoms with Crippen molar-refractivity contribution in [2.24, 2.45) is 0 Å². The van der Waals surface area contributed by atoms with Gasteiger partial charge in [0, 0.05) is 12.2 Å². The highest BCUT2D eigenvalue weighted by molar-refractivity contribution is 5.97. The van der Waals surface area contributed by atoms with Gasteiger partial charge in [0.1, 0.15) is 5.52 Å². The molecule has 92 valence electrons. The fraction of sp³-hybridized carbons (Fsp3) is 0.250. The minimum Gasteiger partial charge on any atom is -0.378 e. The van der Waals surface area contributed by atoms with Crippen LogP contribution in [0.3, 0.4) is 0 Å². The van der Waals surface area contributed by atoms with Crippen LogP contribution in [-0.4, -0.2) is 15.9 Å². The van der Waals surface area contributed by atoms with Gasteiger partial charge in [-0.05, 0) is 25.0 Å². The zero-order valence-electron chi connectivity index (χ0n) is 9.39. The Morgan fingerprint density at radius 3 is 2.94 bits per heavy atom. The highest BCUT2D eigenvalue weighted by atomic mass is 19.1. The second-order valence-corrected chi connectivity index (χ2v) is 4.33. The lowest BCUT2D eigenvalue weighted by Gasteiger charge is -2.09. The van der Waals surface area contributed by atoms with E-state index >= 15 is 0 Å². The topological polar surface area (TPSA) is 68.1 Å². The minimum absolute atomic E-state index is 0.253. The number of anilines is 1. The van der Waals surface area contributed by atoms with Crippen molar-refractivity contribution in [3.05, 3.63) is 40.3 Å². The summed E-state index contributed by atoms with van der Waals surface area (Å²) in [5.41, 5.74) is 0.326. The van der Waals surface area contributed by atoms with E-state index in [0.717, 1.165) is 18.9 Å². The molecule has 1 aliphatic rings. The molecule has 2 aromatic rings. The van der Waals surface area contributed by atoms with Crippen LogP contribution in [0.1, 0.15) is 12.8 Å². The summed E-state index contributed by atoms with van der Waals surface area (Å²) < 4.78 is 13.9. The molecule has 1 aliphatic carbocycles. The predicted octanol–water partition coefficient (Wildman–Crippen LogP) is 2.86. The van der Waals surface area contributed by atoms with Crippen LogP contribution in [0.2, 0.25) is 0 Å². The predicted molar refractivity (Wildman–Crippen MR) is 65.0 cm³/mol. The first-order valence-corrected chi connectivity index (χ1v) is 5.65. The Kier molecular flexibility index (Phi) is 2.36. The summed E-state index contributed by atoms with van der Waals surface area (Å²) in [6.45, 7) is 0. The smallest absolute Gasteiger partial charge is 0.281 e. The summed E-state index contributed by atoms with van der Waals surface area (Å²) >= 11 is 0. The molecule has 0 spiro atoms. The molecule has 0 amide bonds. The van der Waals surface area contributed by atoms with Crippen LogP contribution in [0.4, 0.5) is 15.8 Å².